The summed E-state index contributed by atoms with van der Waals surface area (Å²) in [7, 11) is 1.20. The summed E-state index contributed by atoms with van der Waals surface area (Å²) >= 11 is 0. The van der Waals surface area contributed by atoms with E-state index in [1.165, 1.54) is 19.4 Å². The average Bonchev–Trinajstić information content (AvgIpc) is 2.08. The van der Waals surface area contributed by atoms with E-state index in [-0.39, 0.29) is 5.56 Å². The Labute approximate surface area is 68.2 Å². The number of rotatable bonds is 1. The van der Waals surface area contributed by atoms with Crippen LogP contribution in [-0.2, 0) is 4.74 Å². The number of anilines is 1. The van der Waals surface area contributed by atoms with Crippen LogP contribution >= 0.6 is 0 Å². The highest BCUT2D eigenvalue weighted by molar-refractivity contribution is 5.89. The second kappa shape index (κ2) is 3.08. The first kappa shape index (κ1) is 8.32. The molecule has 1 rings (SSSR count). The minimum absolute atomic E-state index is 0.0856. The van der Waals surface area contributed by atoms with Crippen LogP contribution < -0.4 is 11.3 Å². The predicted octanol–water partition coefficient (Wildman–Crippen LogP) is -0.256. The molecule has 0 saturated heterocycles. The van der Waals surface area contributed by atoms with E-state index in [4.69, 9.17) is 5.73 Å². The third-order valence-electron chi connectivity index (χ3n) is 1.33. The van der Waals surface area contributed by atoms with Crippen LogP contribution in [0.25, 0.3) is 0 Å². The number of pyridine rings is 1. The van der Waals surface area contributed by atoms with Crippen LogP contribution in [0.1, 0.15) is 10.4 Å². The number of H-pyrrole nitrogens is 1. The van der Waals surface area contributed by atoms with E-state index in [0.717, 1.165) is 0 Å². The van der Waals surface area contributed by atoms with Crippen LogP contribution in [-0.4, -0.2) is 18.1 Å². The summed E-state index contributed by atoms with van der Waals surface area (Å²) in [4.78, 5) is 24.2. The number of carbonyl (C=O) groups excluding carboxylic acids is 1. The van der Waals surface area contributed by atoms with E-state index in [9.17, 15) is 9.59 Å². The van der Waals surface area contributed by atoms with Crippen molar-refractivity contribution in [1.29, 1.82) is 0 Å². The summed E-state index contributed by atoms with van der Waals surface area (Å²) < 4.78 is 4.36. The van der Waals surface area contributed by atoms with Crippen molar-refractivity contribution in [3.05, 3.63) is 28.2 Å². The van der Waals surface area contributed by atoms with Crippen LogP contribution in [0, 0.1) is 0 Å². The van der Waals surface area contributed by atoms with Crippen molar-refractivity contribution in [1.82, 2.24) is 4.98 Å². The number of hydrogen-bond acceptors (Lipinski definition) is 4. The van der Waals surface area contributed by atoms with Crippen molar-refractivity contribution in [2.75, 3.05) is 12.8 Å². The van der Waals surface area contributed by atoms with Gasteiger partial charge in [0.05, 0.1) is 7.11 Å². The highest BCUT2D eigenvalue weighted by Crippen LogP contribution is 1.99. The lowest BCUT2D eigenvalue weighted by Gasteiger charge is -1.97. The maximum atomic E-state index is 11.0. The van der Waals surface area contributed by atoms with Crippen molar-refractivity contribution >= 4 is 11.7 Å². The van der Waals surface area contributed by atoms with Crippen molar-refractivity contribution in [3.63, 3.8) is 0 Å². The van der Waals surface area contributed by atoms with Crippen molar-refractivity contribution in [2.45, 2.75) is 0 Å². The summed E-state index contributed by atoms with van der Waals surface area (Å²) in [5.41, 5.74) is 5.07. The number of nitrogens with one attached hydrogen (secondary N) is 1. The second-order valence-electron chi connectivity index (χ2n) is 2.17. The molecule has 5 nitrogen and oxygen atoms in total. The number of methoxy groups -OCH3 is 1. The molecule has 1 heterocycles. The molecule has 64 valence electrons. The summed E-state index contributed by atoms with van der Waals surface area (Å²) in [5.74, 6) is -0.691. The summed E-state index contributed by atoms with van der Waals surface area (Å²) in [6, 6.07) is 1.27. The Morgan fingerprint density at radius 2 is 2.33 bits per heavy atom. The number of esters is 1. The number of hydrogen-bond donors (Lipinski definition) is 2. The molecule has 0 bridgehead atoms. The topological polar surface area (TPSA) is 85.2 Å². The largest absolute Gasteiger partial charge is 0.465 e. The zero-order chi connectivity index (χ0) is 9.14. The SMILES string of the molecule is COC(=O)c1cc(N)c[nH]c1=O. The van der Waals surface area contributed by atoms with E-state index in [1.54, 1.807) is 0 Å². The molecule has 5 heteroatoms. The van der Waals surface area contributed by atoms with Crippen molar-refractivity contribution < 1.29 is 9.53 Å². The van der Waals surface area contributed by atoms with Crippen molar-refractivity contribution in [2.24, 2.45) is 0 Å². The zero-order valence-corrected chi connectivity index (χ0v) is 6.46. The first-order valence-corrected chi connectivity index (χ1v) is 3.21. The molecule has 0 amide bonds. The molecule has 0 aliphatic carbocycles. The fourth-order valence-electron chi connectivity index (χ4n) is 0.762. The van der Waals surface area contributed by atoms with Crippen LogP contribution in [0.3, 0.4) is 0 Å². The molecule has 12 heavy (non-hydrogen) atoms. The van der Waals surface area contributed by atoms with Gasteiger partial charge in [0.1, 0.15) is 5.56 Å². The van der Waals surface area contributed by atoms with Gasteiger partial charge in [-0.3, -0.25) is 4.79 Å². The maximum absolute atomic E-state index is 11.0. The molecule has 3 N–H and O–H groups in total. The van der Waals surface area contributed by atoms with Crippen molar-refractivity contribution in [3.8, 4) is 0 Å². The van der Waals surface area contributed by atoms with Gasteiger partial charge in [-0.05, 0) is 6.07 Å². The molecule has 0 unspecified atom stereocenters. The molecule has 0 atom stereocenters. The molecular formula is C7H8N2O3. The third kappa shape index (κ3) is 1.45. The number of ether oxygens (including phenoxy) is 1. The van der Waals surface area contributed by atoms with E-state index >= 15 is 0 Å². The Balaban J connectivity index is 3.23. The van der Waals surface area contributed by atoms with Crippen LogP contribution in [0.4, 0.5) is 5.69 Å². The van der Waals surface area contributed by atoms with Gasteiger partial charge >= 0.3 is 5.97 Å². The fourth-order valence-corrected chi connectivity index (χ4v) is 0.762. The lowest BCUT2D eigenvalue weighted by molar-refractivity contribution is 0.0599. The van der Waals surface area contributed by atoms with Gasteiger partial charge in [0, 0.05) is 11.9 Å². The number of aromatic nitrogens is 1. The number of aromatic amines is 1. The Bertz CT molecular complexity index is 356. The fraction of sp³-hybridized carbons (Fsp3) is 0.143. The van der Waals surface area contributed by atoms with Crippen LogP contribution in [0.15, 0.2) is 17.1 Å². The Kier molecular flexibility index (Phi) is 2.14. The number of carbonyl (C=O) groups is 1. The Morgan fingerprint density at radius 1 is 1.67 bits per heavy atom. The molecule has 0 spiro atoms. The molecule has 0 radical (unpaired) electrons. The average molecular weight is 168 g/mol. The number of nitrogens with two attached hydrogens (primary N) is 1. The standard InChI is InChI=1S/C7H8N2O3/c1-12-7(11)5-2-4(8)3-9-6(5)10/h2-3H,8H2,1H3,(H,9,10). The van der Waals surface area contributed by atoms with E-state index in [0.29, 0.717) is 5.69 Å². The minimum Gasteiger partial charge on any atom is -0.465 e. The van der Waals surface area contributed by atoms with Gasteiger partial charge in [-0.25, -0.2) is 4.79 Å². The monoisotopic (exact) mass is 168 g/mol. The van der Waals surface area contributed by atoms with E-state index in [1.807, 2.05) is 0 Å². The number of nitrogen functional groups attached to an aromatic ring is 1. The highest BCUT2D eigenvalue weighted by Gasteiger charge is 2.09. The van der Waals surface area contributed by atoms with E-state index < -0.39 is 11.5 Å². The molecule has 0 aromatic carbocycles. The van der Waals surface area contributed by atoms with Gasteiger partial charge < -0.3 is 15.5 Å². The molecule has 0 aliphatic rings. The van der Waals surface area contributed by atoms with Gasteiger partial charge in [-0.1, -0.05) is 0 Å². The molecule has 1 aromatic heterocycles. The second-order valence-corrected chi connectivity index (χ2v) is 2.17. The molecule has 0 saturated carbocycles. The molecule has 1 aromatic rings. The normalized spacial score (nSPS) is 9.42. The van der Waals surface area contributed by atoms with E-state index in [2.05, 4.69) is 9.72 Å². The molecule has 0 aliphatic heterocycles. The van der Waals surface area contributed by atoms with Crippen LogP contribution in [0.5, 0.6) is 0 Å². The lowest BCUT2D eigenvalue weighted by Crippen LogP contribution is -2.18. The Morgan fingerprint density at radius 3 is 2.92 bits per heavy atom. The third-order valence-corrected chi connectivity index (χ3v) is 1.33. The van der Waals surface area contributed by atoms with Gasteiger partial charge in [-0.2, -0.15) is 0 Å². The van der Waals surface area contributed by atoms with Gasteiger partial charge in [0.15, 0.2) is 0 Å². The lowest BCUT2D eigenvalue weighted by atomic mass is 10.2. The quantitative estimate of drug-likeness (QED) is 0.566. The maximum Gasteiger partial charge on any atom is 0.343 e. The molecular weight excluding hydrogens is 160 g/mol. The predicted molar refractivity (Wildman–Crippen MR) is 42.8 cm³/mol. The first-order chi connectivity index (χ1) is 5.65. The van der Waals surface area contributed by atoms with Gasteiger partial charge in [-0.15, -0.1) is 0 Å². The van der Waals surface area contributed by atoms with Gasteiger partial charge in [0.2, 0.25) is 0 Å². The summed E-state index contributed by atoms with van der Waals surface area (Å²) in [6.07, 6.45) is 1.31. The minimum atomic E-state index is -0.691. The highest BCUT2D eigenvalue weighted by atomic mass is 16.5. The van der Waals surface area contributed by atoms with Gasteiger partial charge in [0.25, 0.3) is 5.56 Å². The Hall–Kier alpha value is -1.78. The molecule has 0 fully saturated rings. The zero-order valence-electron chi connectivity index (χ0n) is 6.46. The first-order valence-electron chi connectivity index (χ1n) is 3.21. The summed E-state index contributed by atoms with van der Waals surface area (Å²) in [6.45, 7) is 0. The summed E-state index contributed by atoms with van der Waals surface area (Å²) in [5, 5.41) is 0. The smallest absolute Gasteiger partial charge is 0.343 e. The van der Waals surface area contributed by atoms with Crippen LogP contribution in [0.2, 0.25) is 0 Å².